The number of hydrogen-bond acceptors (Lipinski definition) is 4. The van der Waals surface area contributed by atoms with Crippen LogP contribution in [-0.4, -0.2) is 37.7 Å². The SMILES string of the molecule is COCCNC(=O)CNc1cc(C(F)(F)F)cc(Cl)n1. The van der Waals surface area contributed by atoms with Crippen molar-refractivity contribution in [2.75, 3.05) is 32.1 Å². The molecule has 1 amide bonds. The van der Waals surface area contributed by atoms with Crippen LogP contribution in [-0.2, 0) is 15.7 Å². The molecule has 0 atom stereocenters. The summed E-state index contributed by atoms with van der Waals surface area (Å²) in [6, 6.07) is 1.50. The fraction of sp³-hybridized carbons (Fsp3) is 0.455. The highest BCUT2D eigenvalue weighted by Gasteiger charge is 2.31. The molecule has 1 heterocycles. The third kappa shape index (κ3) is 5.62. The van der Waals surface area contributed by atoms with Crippen molar-refractivity contribution in [3.63, 3.8) is 0 Å². The molecule has 1 aromatic heterocycles. The van der Waals surface area contributed by atoms with Gasteiger partial charge in [-0.2, -0.15) is 13.2 Å². The Labute approximate surface area is 118 Å². The predicted octanol–water partition coefficient (Wildman–Crippen LogP) is 1.93. The third-order valence-corrected chi connectivity index (χ3v) is 2.37. The van der Waals surface area contributed by atoms with Crippen LogP contribution in [0.15, 0.2) is 12.1 Å². The lowest BCUT2D eigenvalue weighted by atomic mass is 10.2. The standard InChI is InChI=1S/C11H13ClF3N3O2/c1-20-3-2-16-10(19)6-17-9-5-7(11(13,14)15)4-8(12)18-9/h4-5H,2-3,6H2,1H3,(H,16,19)(H,17,18). The molecule has 0 aromatic carbocycles. The number of hydrogen-bond donors (Lipinski definition) is 2. The molecule has 1 rings (SSSR count). The van der Waals surface area contributed by atoms with Gasteiger partial charge in [0, 0.05) is 13.7 Å². The molecule has 0 fully saturated rings. The summed E-state index contributed by atoms with van der Waals surface area (Å²) in [6.07, 6.45) is -4.52. The summed E-state index contributed by atoms with van der Waals surface area (Å²) in [4.78, 5) is 15.0. The van der Waals surface area contributed by atoms with Gasteiger partial charge in [0.2, 0.25) is 5.91 Å². The van der Waals surface area contributed by atoms with E-state index in [-0.39, 0.29) is 17.5 Å². The van der Waals surface area contributed by atoms with E-state index in [2.05, 4.69) is 15.6 Å². The quantitative estimate of drug-likeness (QED) is 0.622. The number of nitrogens with one attached hydrogen (secondary N) is 2. The highest BCUT2D eigenvalue weighted by atomic mass is 35.5. The maximum Gasteiger partial charge on any atom is 0.416 e. The Hall–Kier alpha value is -1.54. The predicted molar refractivity (Wildman–Crippen MR) is 67.6 cm³/mol. The van der Waals surface area contributed by atoms with Gasteiger partial charge in [0.15, 0.2) is 0 Å². The van der Waals surface area contributed by atoms with Crippen LogP contribution in [0.5, 0.6) is 0 Å². The Balaban J connectivity index is 2.60. The molecule has 0 aliphatic rings. The Morgan fingerprint density at radius 3 is 2.75 bits per heavy atom. The van der Waals surface area contributed by atoms with Gasteiger partial charge < -0.3 is 15.4 Å². The maximum atomic E-state index is 12.5. The molecule has 9 heteroatoms. The summed E-state index contributed by atoms with van der Waals surface area (Å²) in [5.41, 5.74) is -0.931. The van der Waals surface area contributed by atoms with E-state index in [1.807, 2.05) is 0 Å². The lowest BCUT2D eigenvalue weighted by Crippen LogP contribution is -2.32. The first-order chi connectivity index (χ1) is 9.32. The second-order valence-electron chi connectivity index (χ2n) is 3.76. The summed E-state index contributed by atoms with van der Waals surface area (Å²) < 4.78 is 42.4. The second kappa shape index (κ2) is 7.30. The molecule has 0 radical (unpaired) electrons. The first-order valence-electron chi connectivity index (χ1n) is 5.57. The highest BCUT2D eigenvalue weighted by molar-refractivity contribution is 6.29. The molecule has 1 aromatic rings. The van der Waals surface area contributed by atoms with Crippen molar-refractivity contribution >= 4 is 23.3 Å². The summed E-state index contributed by atoms with van der Waals surface area (Å²) in [5.74, 6) is -0.510. The highest BCUT2D eigenvalue weighted by Crippen LogP contribution is 2.31. The number of methoxy groups -OCH3 is 1. The summed E-state index contributed by atoms with van der Waals surface area (Å²) >= 11 is 5.51. The molecular weight excluding hydrogens is 299 g/mol. The van der Waals surface area contributed by atoms with Crippen molar-refractivity contribution in [1.82, 2.24) is 10.3 Å². The number of rotatable bonds is 6. The molecule has 2 N–H and O–H groups in total. The number of amides is 1. The van der Waals surface area contributed by atoms with E-state index >= 15 is 0 Å². The van der Waals surface area contributed by atoms with Crippen molar-refractivity contribution < 1.29 is 22.7 Å². The fourth-order valence-electron chi connectivity index (χ4n) is 1.28. The minimum Gasteiger partial charge on any atom is -0.383 e. The number of anilines is 1. The Morgan fingerprint density at radius 2 is 2.15 bits per heavy atom. The minimum atomic E-state index is -4.52. The molecule has 0 unspecified atom stereocenters. The molecule has 0 aliphatic heterocycles. The van der Waals surface area contributed by atoms with Gasteiger partial charge >= 0.3 is 6.18 Å². The number of aromatic nitrogens is 1. The lowest BCUT2D eigenvalue weighted by Gasteiger charge is -2.11. The summed E-state index contributed by atoms with van der Waals surface area (Å²) in [7, 11) is 1.49. The number of nitrogens with zero attached hydrogens (tertiary/aromatic N) is 1. The van der Waals surface area contributed by atoms with Crippen molar-refractivity contribution in [2.24, 2.45) is 0 Å². The smallest absolute Gasteiger partial charge is 0.383 e. The van der Waals surface area contributed by atoms with Crippen molar-refractivity contribution in [3.8, 4) is 0 Å². The number of carbonyl (C=O) groups excluding carboxylic acids is 1. The van der Waals surface area contributed by atoms with Crippen LogP contribution >= 0.6 is 11.6 Å². The van der Waals surface area contributed by atoms with Crippen LogP contribution in [0.25, 0.3) is 0 Å². The maximum absolute atomic E-state index is 12.5. The van der Waals surface area contributed by atoms with Crippen LogP contribution < -0.4 is 10.6 Å². The van der Waals surface area contributed by atoms with E-state index in [1.165, 1.54) is 7.11 Å². The average molecular weight is 312 g/mol. The summed E-state index contributed by atoms with van der Waals surface area (Å²) in [6.45, 7) is 0.446. The first-order valence-corrected chi connectivity index (χ1v) is 5.95. The Morgan fingerprint density at radius 1 is 1.45 bits per heavy atom. The zero-order chi connectivity index (χ0) is 15.2. The van der Waals surface area contributed by atoms with E-state index in [0.29, 0.717) is 19.2 Å². The molecule has 0 spiro atoms. The van der Waals surface area contributed by atoms with E-state index in [0.717, 1.165) is 6.07 Å². The number of halogens is 4. The molecule has 0 bridgehead atoms. The van der Waals surface area contributed by atoms with Gasteiger partial charge in [0.1, 0.15) is 11.0 Å². The zero-order valence-electron chi connectivity index (χ0n) is 10.6. The van der Waals surface area contributed by atoms with Crippen LogP contribution in [0.3, 0.4) is 0 Å². The molecule has 0 saturated carbocycles. The van der Waals surface area contributed by atoms with Crippen molar-refractivity contribution in [2.45, 2.75) is 6.18 Å². The topological polar surface area (TPSA) is 63.2 Å². The number of alkyl halides is 3. The van der Waals surface area contributed by atoms with Gasteiger partial charge in [0.05, 0.1) is 18.7 Å². The molecular formula is C11H13ClF3N3O2. The van der Waals surface area contributed by atoms with Crippen LogP contribution in [0.1, 0.15) is 5.56 Å². The molecule has 5 nitrogen and oxygen atoms in total. The number of pyridine rings is 1. The summed E-state index contributed by atoms with van der Waals surface area (Å²) in [5, 5.41) is 4.68. The zero-order valence-corrected chi connectivity index (χ0v) is 11.3. The average Bonchev–Trinajstić information content (AvgIpc) is 2.35. The van der Waals surface area contributed by atoms with Gasteiger partial charge in [-0.25, -0.2) is 4.98 Å². The number of carbonyl (C=O) groups is 1. The minimum absolute atomic E-state index is 0.119. The monoisotopic (exact) mass is 311 g/mol. The second-order valence-corrected chi connectivity index (χ2v) is 4.15. The van der Waals surface area contributed by atoms with E-state index in [1.54, 1.807) is 0 Å². The van der Waals surface area contributed by atoms with Gasteiger partial charge in [-0.1, -0.05) is 11.6 Å². The van der Waals surface area contributed by atoms with Crippen molar-refractivity contribution in [1.29, 1.82) is 0 Å². The molecule has 0 saturated heterocycles. The number of ether oxygens (including phenoxy) is 1. The van der Waals surface area contributed by atoms with E-state index in [4.69, 9.17) is 16.3 Å². The normalized spacial score (nSPS) is 11.2. The Bertz CT molecular complexity index is 469. The van der Waals surface area contributed by atoms with Crippen LogP contribution in [0, 0.1) is 0 Å². The molecule has 20 heavy (non-hydrogen) atoms. The van der Waals surface area contributed by atoms with Gasteiger partial charge in [-0.15, -0.1) is 0 Å². The van der Waals surface area contributed by atoms with Gasteiger partial charge in [-0.3, -0.25) is 4.79 Å². The fourth-order valence-corrected chi connectivity index (χ4v) is 1.49. The van der Waals surface area contributed by atoms with Crippen LogP contribution in [0.4, 0.5) is 19.0 Å². The first kappa shape index (κ1) is 16.5. The van der Waals surface area contributed by atoms with E-state index in [9.17, 15) is 18.0 Å². The molecule has 112 valence electrons. The Kier molecular flexibility index (Phi) is 6.03. The lowest BCUT2D eigenvalue weighted by molar-refractivity contribution is -0.137. The van der Waals surface area contributed by atoms with Gasteiger partial charge in [-0.05, 0) is 12.1 Å². The largest absolute Gasteiger partial charge is 0.416 e. The van der Waals surface area contributed by atoms with Crippen molar-refractivity contribution in [3.05, 3.63) is 22.8 Å². The van der Waals surface area contributed by atoms with Crippen LogP contribution in [0.2, 0.25) is 5.15 Å². The molecule has 0 aliphatic carbocycles. The third-order valence-electron chi connectivity index (χ3n) is 2.18. The van der Waals surface area contributed by atoms with Gasteiger partial charge in [0.25, 0.3) is 0 Å². The van der Waals surface area contributed by atoms with E-state index < -0.39 is 17.6 Å².